The van der Waals surface area contributed by atoms with Crippen molar-refractivity contribution >= 4 is 0 Å². The molecular formula is C20H16F3NO. The smallest absolute Gasteiger partial charge is 0.406 e. The van der Waals surface area contributed by atoms with Crippen molar-refractivity contribution in [2.75, 3.05) is 0 Å². The van der Waals surface area contributed by atoms with Gasteiger partial charge in [-0.05, 0) is 40.5 Å². The van der Waals surface area contributed by atoms with Gasteiger partial charge in [0.1, 0.15) is 5.75 Å². The molecule has 0 amide bonds. The molecule has 0 aromatic heterocycles. The van der Waals surface area contributed by atoms with Crippen molar-refractivity contribution in [3.05, 3.63) is 90.0 Å². The third kappa shape index (κ3) is 4.39. The quantitative estimate of drug-likeness (QED) is 0.698. The van der Waals surface area contributed by atoms with Crippen LogP contribution in [0.3, 0.4) is 0 Å². The lowest BCUT2D eigenvalue weighted by molar-refractivity contribution is -0.274. The fourth-order valence-electron chi connectivity index (χ4n) is 2.61. The molecule has 0 aliphatic rings. The topological polar surface area (TPSA) is 35.2 Å². The Hall–Kier alpha value is -2.79. The van der Waals surface area contributed by atoms with E-state index < -0.39 is 12.4 Å². The molecule has 3 aromatic rings. The Morgan fingerprint density at radius 2 is 1.36 bits per heavy atom. The molecule has 2 N–H and O–H groups in total. The average Bonchev–Trinajstić information content (AvgIpc) is 2.61. The van der Waals surface area contributed by atoms with Crippen LogP contribution in [0.4, 0.5) is 13.2 Å². The lowest BCUT2D eigenvalue weighted by Crippen LogP contribution is -2.17. The maximum absolute atomic E-state index is 12.2. The average molecular weight is 343 g/mol. The highest BCUT2D eigenvalue weighted by Gasteiger charge is 2.31. The Labute approximate surface area is 143 Å². The first-order valence-electron chi connectivity index (χ1n) is 7.69. The van der Waals surface area contributed by atoms with Crippen molar-refractivity contribution in [2.24, 2.45) is 5.73 Å². The fourth-order valence-corrected chi connectivity index (χ4v) is 2.61. The lowest BCUT2D eigenvalue weighted by Gasteiger charge is -2.15. The van der Waals surface area contributed by atoms with Gasteiger partial charge in [-0.25, -0.2) is 0 Å². The van der Waals surface area contributed by atoms with Gasteiger partial charge in [0.2, 0.25) is 0 Å². The van der Waals surface area contributed by atoms with Crippen LogP contribution in [0.2, 0.25) is 0 Å². The third-order valence-corrected chi connectivity index (χ3v) is 3.83. The normalized spacial score (nSPS) is 12.6. The van der Waals surface area contributed by atoms with Crippen LogP contribution in [0.15, 0.2) is 78.9 Å². The van der Waals surface area contributed by atoms with Gasteiger partial charge in [-0.1, -0.05) is 60.7 Å². The van der Waals surface area contributed by atoms with E-state index in [1.165, 1.54) is 12.1 Å². The first kappa shape index (κ1) is 17.0. The molecule has 3 aromatic carbocycles. The first-order valence-corrected chi connectivity index (χ1v) is 7.69. The fraction of sp³-hybridized carbons (Fsp3) is 0.100. The predicted octanol–water partition coefficient (Wildman–Crippen LogP) is 5.30. The van der Waals surface area contributed by atoms with Crippen LogP contribution in [0, 0.1) is 0 Å². The maximum atomic E-state index is 12.2. The van der Waals surface area contributed by atoms with Crippen molar-refractivity contribution in [2.45, 2.75) is 12.4 Å². The van der Waals surface area contributed by atoms with Gasteiger partial charge in [0, 0.05) is 0 Å². The number of alkyl halides is 3. The molecule has 2 nitrogen and oxygen atoms in total. The molecule has 0 saturated carbocycles. The lowest BCUT2D eigenvalue weighted by atomic mass is 9.96. The Kier molecular flexibility index (Phi) is 4.76. The van der Waals surface area contributed by atoms with Crippen molar-refractivity contribution in [1.82, 2.24) is 0 Å². The van der Waals surface area contributed by atoms with Crippen molar-refractivity contribution in [3.8, 4) is 16.9 Å². The van der Waals surface area contributed by atoms with Crippen molar-refractivity contribution in [3.63, 3.8) is 0 Å². The van der Waals surface area contributed by atoms with Crippen LogP contribution >= 0.6 is 0 Å². The van der Waals surface area contributed by atoms with Crippen molar-refractivity contribution in [1.29, 1.82) is 0 Å². The zero-order valence-corrected chi connectivity index (χ0v) is 13.2. The Balaban J connectivity index is 1.82. The second-order valence-electron chi connectivity index (χ2n) is 5.59. The minimum absolute atomic E-state index is 0.263. The van der Waals surface area contributed by atoms with Crippen LogP contribution in [-0.4, -0.2) is 6.36 Å². The molecule has 0 aliphatic heterocycles. The summed E-state index contributed by atoms with van der Waals surface area (Å²) >= 11 is 0. The maximum Gasteiger partial charge on any atom is 0.573 e. The number of ether oxygens (including phenoxy) is 1. The number of hydrogen-bond donors (Lipinski definition) is 1. The van der Waals surface area contributed by atoms with E-state index in [-0.39, 0.29) is 5.75 Å². The highest BCUT2D eigenvalue weighted by Crippen LogP contribution is 2.28. The molecule has 0 unspecified atom stereocenters. The minimum atomic E-state index is -4.70. The monoisotopic (exact) mass is 343 g/mol. The van der Waals surface area contributed by atoms with Gasteiger partial charge in [0.15, 0.2) is 0 Å². The van der Waals surface area contributed by atoms with Gasteiger partial charge < -0.3 is 10.5 Å². The molecule has 5 heteroatoms. The van der Waals surface area contributed by atoms with Gasteiger partial charge in [0.05, 0.1) is 6.04 Å². The summed E-state index contributed by atoms with van der Waals surface area (Å²) in [4.78, 5) is 0. The van der Waals surface area contributed by atoms with E-state index in [0.29, 0.717) is 5.56 Å². The molecule has 3 rings (SSSR count). The van der Waals surface area contributed by atoms with Crippen LogP contribution < -0.4 is 10.5 Å². The Bertz CT molecular complexity index is 830. The standard InChI is InChI=1S/C20H16F3NO/c21-20(22,23)25-18-11-9-15(10-12-18)19(24)17-8-4-7-16(13-17)14-5-2-1-3-6-14/h1-13,19H,24H2/t19-/m0/s1. The van der Waals surface area contributed by atoms with E-state index in [9.17, 15) is 13.2 Å². The summed E-state index contributed by atoms with van der Waals surface area (Å²) < 4.78 is 40.6. The molecule has 0 bridgehead atoms. The minimum Gasteiger partial charge on any atom is -0.406 e. The van der Waals surface area contributed by atoms with Gasteiger partial charge in [-0.3, -0.25) is 0 Å². The molecule has 0 saturated heterocycles. The summed E-state index contributed by atoms with van der Waals surface area (Å²) in [6, 6.07) is 22.9. The molecule has 0 radical (unpaired) electrons. The van der Waals surface area contributed by atoms with Gasteiger partial charge in [0.25, 0.3) is 0 Å². The van der Waals surface area contributed by atoms with Crippen LogP contribution in [0.1, 0.15) is 17.2 Å². The van der Waals surface area contributed by atoms with E-state index in [0.717, 1.165) is 16.7 Å². The summed E-state index contributed by atoms with van der Waals surface area (Å²) in [5, 5.41) is 0. The van der Waals surface area contributed by atoms with Crippen LogP contribution in [0.5, 0.6) is 5.75 Å². The SMILES string of the molecule is N[C@@H](c1ccc(OC(F)(F)F)cc1)c1cccc(-c2ccccc2)c1. The third-order valence-electron chi connectivity index (χ3n) is 3.83. The van der Waals surface area contributed by atoms with E-state index in [1.807, 2.05) is 54.6 Å². The van der Waals surface area contributed by atoms with Gasteiger partial charge in [-0.2, -0.15) is 0 Å². The molecule has 128 valence electrons. The zero-order valence-electron chi connectivity index (χ0n) is 13.2. The summed E-state index contributed by atoms with van der Waals surface area (Å²) in [6.07, 6.45) is -4.70. The van der Waals surface area contributed by atoms with Crippen LogP contribution in [-0.2, 0) is 0 Å². The molecule has 0 heterocycles. The number of halogens is 3. The number of nitrogens with two attached hydrogens (primary N) is 1. The van der Waals surface area contributed by atoms with Crippen molar-refractivity contribution < 1.29 is 17.9 Å². The highest BCUT2D eigenvalue weighted by atomic mass is 19.4. The van der Waals surface area contributed by atoms with Crippen LogP contribution in [0.25, 0.3) is 11.1 Å². The Morgan fingerprint density at radius 3 is 2.00 bits per heavy atom. The summed E-state index contributed by atoms with van der Waals surface area (Å²) in [5.74, 6) is -0.263. The molecular weight excluding hydrogens is 327 g/mol. The molecule has 0 spiro atoms. The van der Waals surface area contributed by atoms with E-state index in [1.54, 1.807) is 12.1 Å². The largest absolute Gasteiger partial charge is 0.573 e. The molecule has 25 heavy (non-hydrogen) atoms. The van der Waals surface area contributed by atoms with E-state index in [2.05, 4.69) is 4.74 Å². The van der Waals surface area contributed by atoms with Gasteiger partial charge in [-0.15, -0.1) is 13.2 Å². The molecule has 0 fully saturated rings. The van der Waals surface area contributed by atoms with E-state index in [4.69, 9.17) is 5.73 Å². The zero-order chi connectivity index (χ0) is 17.9. The number of hydrogen-bond acceptors (Lipinski definition) is 2. The first-order chi connectivity index (χ1) is 11.9. The predicted molar refractivity (Wildman–Crippen MR) is 91.0 cm³/mol. The summed E-state index contributed by atoms with van der Waals surface area (Å²) in [6.45, 7) is 0. The summed E-state index contributed by atoms with van der Waals surface area (Å²) in [7, 11) is 0. The summed E-state index contributed by atoms with van der Waals surface area (Å²) in [5.41, 5.74) is 9.97. The van der Waals surface area contributed by atoms with E-state index >= 15 is 0 Å². The second-order valence-corrected chi connectivity index (χ2v) is 5.59. The highest BCUT2D eigenvalue weighted by molar-refractivity contribution is 5.64. The second kappa shape index (κ2) is 6.99. The number of rotatable bonds is 4. The molecule has 0 aliphatic carbocycles. The number of benzene rings is 3. The van der Waals surface area contributed by atoms with Gasteiger partial charge >= 0.3 is 6.36 Å². The molecule has 1 atom stereocenters. The Morgan fingerprint density at radius 1 is 0.720 bits per heavy atom.